The first kappa shape index (κ1) is 12.0. The number of nitrogens with two attached hydrogens (primary N) is 1. The molecule has 1 aromatic carbocycles. The van der Waals surface area contributed by atoms with Crippen LogP contribution in [0.4, 0.5) is 0 Å². The summed E-state index contributed by atoms with van der Waals surface area (Å²) in [4.78, 5) is 11.2. The van der Waals surface area contributed by atoms with Crippen LogP contribution in [0.5, 0.6) is 5.75 Å². The number of halogens is 1. The molecule has 4 heteroatoms. The van der Waals surface area contributed by atoms with Gasteiger partial charge in [-0.15, -0.1) is 0 Å². The fraction of sp³-hybridized carbons (Fsp3) is 0.364. The summed E-state index contributed by atoms with van der Waals surface area (Å²) in [7, 11) is 0. The number of ether oxygens (including phenoxy) is 1. The lowest BCUT2D eigenvalue weighted by Gasteiger charge is -2.14. The molecule has 0 fully saturated rings. The largest absolute Gasteiger partial charge is 0.490 e. The molecule has 0 spiro atoms. The van der Waals surface area contributed by atoms with Gasteiger partial charge in [0.05, 0.1) is 11.7 Å². The molecule has 1 aromatic rings. The zero-order valence-corrected chi connectivity index (χ0v) is 10.4. The molecule has 2 N–H and O–H groups in total. The van der Waals surface area contributed by atoms with Gasteiger partial charge in [0.25, 0.3) is 5.91 Å². The third kappa shape index (κ3) is 3.23. The molecule has 1 rings (SSSR count). The first-order chi connectivity index (χ1) is 7.04. The Labute approximate surface area is 97.7 Å². The van der Waals surface area contributed by atoms with E-state index in [1.165, 1.54) is 0 Å². The van der Waals surface area contributed by atoms with E-state index in [9.17, 15) is 4.79 Å². The number of hydrogen-bond donors (Lipinski definition) is 1. The lowest BCUT2D eigenvalue weighted by Crippen LogP contribution is -2.16. The molecule has 0 aliphatic rings. The summed E-state index contributed by atoms with van der Waals surface area (Å²) in [6.45, 7) is 3.97. The van der Waals surface area contributed by atoms with Crippen LogP contribution in [0.1, 0.15) is 30.6 Å². The van der Waals surface area contributed by atoms with Crippen LogP contribution in [0.25, 0.3) is 0 Å². The fourth-order valence-corrected chi connectivity index (χ4v) is 1.46. The quantitative estimate of drug-likeness (QED) is 0.916. The molecule has 0 aliphatic carbocycles. The highest BCUT2D eigenvalue weighted by Crippen LogP contribution is 2.24. The van der Waals surface area contributed by atoms with Gasteiger partial charge in [-0.05, 0) is 31.5 Å². The van der Waals surface area contributed by atoms with Crippen LogP contribution in [0, 0.1) is 0 Å². The number of amides is 1. The zero-order chi connectivity index (χ0) is 11.4. The number of carbonyl (C=O) groups is 1. The van der Waals surface area contributed by atoms with E-state index in [1.54, 1.807) is 12.1 Å². The third-order valence-corrected chi connectivity index (χ3v) is 2.60. The predicted octanol–water partition coefficient (Wildman–Crippen LogP) is 2.73. The first-order valence-electron chi connectivity index (χ1n) is 4.80. The molecule has 0 aliphatic heterocycles. The molecule has 0 heterocycles. The van der Waals surface area contributed by atoms with Gasteiger partial charge in [-0.3, -0.25) is 4.79 Å². The van der Waals surface area contributed by atoms with E-state index in [-0.39, 0.29) is 6.10 Å². The van der Waals surface area contributed by atoms with Gasteiger partial charge in [-0.25, -0.2) is 0 Å². The molecule has 15 heavy (non-hydrogen) atoms. The minimum Gasteiger partial charge on any atom is -0.490 e. The Morgan fingerprint density at radius 1 is 1.60 bits per heavy atom. The Hall–Kier alpha value is -1.03. The van der Waals surface area contributed by atoms with Gasteiger partial charge in [0.1, 0.15) is 5.75 Å². The minimum atomic E-state index is -0.477. The molecule has 1 atom stereocenters. The van der Waals surface area contributed by atoms with Crippen LogP contribution < -0.4 is 10.5 Å². The van der Waals surface area contributed by atoms with E-state index < -0.39 is 5.91 Å². The molecular weight excluding hydrogens is 258 g/mol. The number of hydrogen-bond acceptors (Lipinski definition) is 2. The van der Waals surface area contributed by atoms with Crippen molar-refractivity contribution >= 4 is 21.8 Å². The predicted molar refractivity (Wildman–Crippen MR) is 63.0 cm³/mol. The van der Waals surface area contributed by atoms with Crippen molar-refractivity contribution in [3.63, 3.8) is 0 Å². The first-order valence-corrected chi connectivity index (χ1v) is 5.60. The second-order valence-electron chi connectivity index (χ2n) is 3.34. The monoisotopic (exact) mass is 271 g/mol. The van der Waals surface area contributed by atoms with Crippen molar-refractivity contribution in [3.05, 3.63) is 28.2 Å². The van der Waals surface area contributed by atoms with Crippen LogP contribution in [0.3, 0.4) is 0 Å². The molecule has 82 valence electrons. The zero-order valence-electron chi connectivity index (χ0n) is 8.79. The standard InChI is InChI=1S/C11H14BrNO2/c1-3-7(2)15-10-5-4-8(12)6-9(10)11(13)14/h4-7H,3H2,1-2H3,(H2,13,14). The normalized spacial score (nSPS) is 12.2. The summed E-state index contributed by atoms with van der Waals surface area (Å²) in [6.07, 6.45) is 0.957. The summed E-state index contributed by atoms with van der Waals surface area (Å²) in [5.74, 6) is 0.0645. The maximum absolute atomic E-state index is 11.2. The molecule has 0 radical (unpaired) electrons. The van der Waals surface area contributed by atoms with E-state index >= 15 is 0 Å². The van der Waals surface area contributed by atoms with E-state index in [1.807, 2.05) is 19.9 Å². The lowest BCUT2D eigenvalue weighted by molar-refractivity contribution is 0.0993. The van der Waals surface area contributed by atoms with Gasteiger partial charge in [0, 0.05) is 4.47 Å². The minimum absolute atomic E-state index is 0.0734. The molecule has 1 amide bonds. The topological polar surface area (TPSA) is 52.3 Å². The van der Waals surface area contributed by atoms with Gasteiger partial charge in [-0.1, -0.05) is 22.9 Å². The van der Waals surface area contributed by atoms with Gasteiger partial charge >= 0.3 is 0 Å². The molecule has 3 nitrogen and oxygen atoms in total. The van der Waals surface area contributed by atoms with Crippen LogP contribution in [-0.4, -0.2) is 12.0 Å². The van der Waals surface area contributed by atoms with Gasteiger partial charge in [0.15, 0.2) is 0 Å². The van der Waals surface area contributed by atoms with Crippen molar-refractivity contribution in [1.29, 1.82) is 0 Å². The van der Waals surface area contributed by atoms with Crippen molar-refractivity contribution in [2.75, 3.05) is 0 Å². The van der Waals surface area contributed by atoms with Crippen molar-refractivity contribution in [2.45, 2.75) is 26.4 Å². The number of benzene rings is 1. The number of rotatable bonds is 4. The van der Waals surface area contributed by atoms with Crippen LogP contribution in [0.15, 0.2) is 22.7 Å². The summed E-state index contributed by atoms with van der Waals surface area (Å²) in [6, 6.07) is 5.24. The smallest absolute Gasteiger partial charge is 0.252 e. The Kier molecular flexibility index (Phi) is 4.15. The van der Waals surface area contributed by atoms with E-state index in [4.69, 9.17) is 10.5 Å². The highest BCUT2D eigenvalue weighted by molar-refractivity contribution is 9.10. The summed E-state index contributed by atoms with van der Waals surface area (Å²) in [5.41, 5.74) is 5.67. The van der Waals surface area contributed by atoms with Gasteiger partial charge in [-0.2, -0.15) is 0 Å². The van der Waals surface area contributed by atoms with Crippen molar-refractivity contribution in [3.8, 4) is 5.75 Å². The molecule has 0 saturated carbocycles. The average Bonchev–Trinajstić information content (AvgIpc) is 2.20. The summed E-state index contributed by atoms with van der Waals surface area (Å²) < 4.78 is 6.40. The second-order valence-corrected chi connectivity index (χ2v) is 4.26. The molecule has 0 aromatic heterocycles. The summed E-state index contributed by atoms with van der Waals surface area (Å²) in [5, 5.41) is 0. The maximum atomic E-state index is 11.2. The SMILES string of the molecule is CCC(C)Oc1ccc(Br)cc1C(N)=O. The van der Waals surface area contributed by atoms with Gasteiger partial charge in [0.2, 0.25) is 0 Å². The van der Waals surface area contributed by atoms with Crippen molar-refractivity contribution in [1.82, 2.24) is 0 Å². The Morgan fingerprint density at radius 2 is 2.27 bits per heavy atom. The van der Waals surface area contributed by atoms with E-state index in [2.05, 4.69) is 15.9 Å². The second kappa shape index (κ2) is 5.16. The summed E-state index contributed by atoms with van der Waals surface area (Å²) >= 11 is 3.28. The Morgan fingerprint density at radius 3 is 2.80 bits per heavy atom. The molecule has 0 bridgehead atoms. The van der Waals surface area contributed by atoms with Crippen molar-refractivity contribution < 1.29 is 9.53 Å². The van der Waals surface area contributed by atoms with Crippen LogP contribution in [0.2, 0.25) is 0 Å². The highest BCUT2D eigenvalue weighted by atomic mass is 79.9. The van der Waals surface area contributed by atoms with E-state index in [0.29, 0.717) is 11.3 Å². The molecular formula is C11H14BrNO2. The third-order valence-electron chi connectivity index (χ3n) is 2.11. The van der Waals surface area contributed by atoms with Crippen molar-refractivity contribution in [2.24, 2.45) is 5.73 Å². The fourth-order valence-electron chi connectivity index (χ4n) is 1.10. The van der Waals surface area contributed by atoms with Crippen LogP contribution in [-0.2, 0) is 0 Å². The lowest BCUT2D eigenvalue weighted by atomic mass is 10.2. The Bertz CT molecular complexity index is 366. The number of primary amides is 1. The van der Waals surface area contributed by atoms with E-state index in [0.717, 1.165) is 10.9 Å². The highest BCUT2D eigenvalue weighted by Gasteiger charge is 2.11. The average molecular weight is 272 g/mol. The Balaban J connectivity index is 3.01. The number of carbonyl (C=O) groups excluding carboxylic acids is 1. The molecule has 1 unspecified atom stereocenters. The van der Waals surface area contributed by atoms with Crippen LogP contribution >= 0.6 is 15.9 Å². The molecule has 0 saturated heterocycles. The van der Waals surface area contributed by atoms with Gasteiger partial charge < -0.3 is 10.5 Å². The maximum Gasteiger partial charge on any atom is 0.252 e.